The van der Waals surface area contributed by atoms with Crippen LogP contribution in [0.5, 0.6) is 0 Å². The lowest BCUT2D eigenvalue weighted by Gasteiger charge is -2.08. The smallest absolute Gasteiger partial charge is 0.166 e. The van der Waals surface area contributed by atoms with Crippen LogP contribution in [0, 0.1) is 0 Å². The van der Waals surface area contributed by atoms with Gasteiger partial charge in [0.2, 0.25) is 0 Å². The molecule has 0 aliphatic carbocycles. The summed E-state index contributed by atoms with van der Waals surface area (Å²) in [6.45, 7) is 3.94. The van der Waals surface area contributed by atoms with E-state index in [-0.39, 0.29) is 0 Å². The molecule has 0 aliphatic heterocycles. The molecule has 0 aliphatic rings. The number of nitrogens with zero attached hydrogens (tertiary/aromatic N) is 1. The first kappa shape index (κ1) is 12.0. The second-order valence-corrected chi connectivity index (χ2v) is 3.73. The van der Waals surface area contributed by atoms with Crippen LogP contribution in [0.1, 0.15) is 25.6 Å². The zero-order chi connectivity index (χ0) is 10.9. The van der Waals surface area contributed by atoms with Gasteiger partial charge in [-0.2, -0.15) is 0 Å². The fourth-order valence-electron chi connectivity index (χ4n) is 1.19. The van der Waals surface area contributed by atoms with Crippen molar-refractivity contribution in [3.05, 3.63) is 18.2 Å². The average Bonchev–Trinajstić information content (AvgIpc) is 2.74. The zero-order valence-electron chi connectivity index (χ0n) is 9.05. The lowest BCUT2D eigenvalue weighted by atomic mass is 10.3. The molecule has 1 rings (SSSR count). The SMILES string of the molecule is CCCNC(=S)NCCCc1ncc[nH]1. The predicted molar refractivity (Wildman–Crippen MR) is 65.8 cm³/mol. The summed E-state index contributed by atoms with van der Waals surface area (Å²) in [6, 6.07) is 0. The molecule has 0 saturated carbocycles. The molecule has 1 aromatic heterocycles. The van der Waals surface area contributed by atoms with Crippen LogP contribution in [0.3, 0.4) is 0 Å². The summed E-state index contributed by atoms with van der Waals surface area (Å²) < 4.78 is 0. The Labute approximate surface area is 95.9 Å². The number of imidazole rings is 1. The van der Waals surface area contributed by atoms with Gasteiger partial charge in [-0.05, 0) is 25.1 Å². The van der Waals surface area contributed by atoms with Gasteiger partial charge in [-0.15, -0.1) is 0 Å². The molecule has 0 aromatic carbocycles. The number of nitrogens with one attached hydrogen (secondary N) is 3. The van der Waals surface area contributed by atoms with Crippen molar-refractivity contribution in [2.75, 3.05) is 13.1 Å². The van der Waals surface area contributed by atoms with Gasteiger partial charge < -0.3 is 15.6 Å². The molecular formula is C10H18N4S. The first-order chi connectivity index (χ1) is 7.33. The fourth-order valence-corrected chi connectivity index (χ4v) is 1.40. The van der Waals surface area contributed by atoms with Gasteiger partial charge in [-0.25, -0.2) is 4.98 Å². The van der Waals surface area contributed by atoms with E-state index in [1.165, 1.54) is 0 Å². The monoisotopic (exact) mass is 226 g/mol. The number of rotatable bonds is 6. The van der Waals surface area contributed by atoms with Crippen LogP contribution >= 0.6 is 12.2 Å². The van der Waals surface area contributed by atoms with Crippen molar-refractivity contribution in [3.63, 3.8) is 0 Å². The molecule has 0 amide bonds. The number of hydrogen-bond donors (Lipinski definition) is 3. The second kappa shape index (κ2) is 7.23. The molecule has 3 N–H and O–H groups in total. The zero-order valence-corrected chi connectivity index (χ0v) is 9.86. The highest BCUT2D eigenvalue weighted by molar-refractivity contribution is 7.80. The minimum absolute atomic E-state index is 0.747. The lowest BCUT2D eigenvalue weighted by molar-refractivity contribution is 0.730. The molecule has 0 bridgehead atoms. The molecule has 84 valence electrons. The quantitative estimate of drug-likeness (QED) is 0.504. The standard InChI is InChI=1S/C10H18N4S/c1-2-5-13-10(15)14-6-3-4-9-11-7-8-12-9/h7-8H,2-6H2,1H3,(H,11,12)(H2,13,14,15). The van der Waals surface area contributed by atoms with Crippen molar-refractivity contribution in [3.8, 4) is 0 Å². The minimum Gasteiger partial charge on any atom is -0.363 e. The van der Waals surface area contributed by atoms with E-state index in [9.17, 15) is 0 Å². The van der Waals surface area contributed by atoms with E-state index in [0.29, 0.717) is 0 Å². The molecule has 0 radical (unpaired) electrons. The van der Waals surface area contributed by atoms with Crippen LogP contribution in [0.4, 0.5) is 0 Å². The highest BCUT2D eigenvalue weighted by Crippen LogP contribution is 1.93. The Kier molecular flexibility index (Phi) is 5.77. The first-order valence-corrected chi connectivity index (χ1v) is 5.73. The van der Waals surface area contributed by atoms with E-state index < -0.39 is 0 Å². The van der Waals surface area contributed by atoms with Crippen LogP contribution in [-0.4, -0.2) is 28.2 Å². The number of H-pyrrole nitrogens is 1. The Bertz CT molecular complexity index is 271. The largest absolute Gasteiger partial charge is 0.363 e. The lowest BCUT2D eigenvalue weighted by Crippen LogP contribution is -2.36. The highest BCUT2D eigenvalue weighted by Gasteiger charge is 1.96. The first-order valence-electron chi connectivity index (χ1n) is 5.33. The summed E-state index contributed by atoms with van der Waals surface area (Å²) in [4.78, 5) is 7.22. The van der Waals surface area contributed by atoms with Crippen LogP contribution in [-0.2, 0) is 6.42 Å². The van der Waals surface area contributed by atoms with E-state index >= 15 is 0 Å². The molecule has 5 heteroatoms. The Morgan fingerprint density at radius 3 is 2.93 bits per heavy atom. The van der Waals surface area contributed by atoms with Crippen LogP contribution in [0.15, 0.2) is 12.4 Å². The van der Waals surface area contributed by atoms with E-state index in [4.69, 9.17) is 12.2 Å². The molecule has 4 nitrogen and oxygen atoms in total. The Hall–Kier alpha value is -1.10. The summed E-state index contributed by atoms with van der Waals surface area (Å²) in [5, 5.41) is 7.03. The van der Waals surface area contributed by atoms with Crippen molar-refractivity contribution >= 4 is 17.3 Å². The molecule has 0 fully saturated rings. The van der Waals surface area contributed by atoms with Crippen LogP contribution in [0.2, 0.25) is 0 Å². The summed E-state index contributed by atoms with van der Waals surface area (Å²) >= 11 is 5.09. The third-order valence-corrected chi connectivity index (χ3v) is 2.25. The van der Waals surface area contributed by atoms with E-state index in [2.05, 4.69) is 27.5 Å². The van der Waals surface area contributed by atoms with E-state index in [0.717, 1.165) is 43.3 Å². The minimum atomic E-state index is 0.747. The highest BCUT2D eigenvalue weighted by atomic mass is 32.1. The van der Waals surface area contributed by atoms with Crippen LogP contribution in [0.25, 0.3) is 0 Å². The topological polar surface area (TPSA) is 52.7 Å². The maximum atomic E-state index is 5.09. The Balaban J connectivity index is 1.99. The molecular weight excluding hydrogens is 208 g/mol. The number of aromatic amines is 1. The maximum absolute atomic E-state index is 5.09. The van der Waals surface area contributed by atoms with E-state index in [1.54, 1.807) is 6.20 Å². The third kappa shape index (κ3) is 5.37. The molecule has 1 aromatic rings. The third-order valence-electron chi connectivity index (χ3n) is 1.97. The van der Waals surface area contributed by atoms with Crippen molar-refractivity contribution in [2.24, 2.45) is 0 Å². The number of aromatic nitrogens is 2. The van der Waals surface area contributed by atoms with Crippen molar-refractivity contribution in [1.82, 2.24) is 20.6 Å². The molecule has 0 spiro atoms. The van der Waals surface area contributed by atoms with Gasteiger partial charge >= 0.3 is 0 Å². The summed E-state index contributed by atoms with van der Waals surface area (Å²) in [7, 11) is 0. The summed E-state index contributed by atoms with van der Waals surface area (Å²) in [5.74, 6) is 1.03. The second-order valence-electron chi connectivity index (χ2n) is 3.32. The predicted octanol–water partition coefficient (Wildman–Crippen LogP) is 1.22. The van der Waals surface area contributed by atoms with Gasteiger partial charge in [0.25, 0.3) is 0 Å². The Morgan fingerprint density at radius 1 is 1.47 bits per heavy atom. The fraction of sp³-hybridized carbons (Fsp3) is 0.600. The van der Waals surface area contributed by atoms with Crippen molar-refractivity contribution in [2.45, 2.75) is 26.2 Å². The van der Waals surface area contributed by atoms with Gasteiger partial charge in [0.05, 0.1) is 0 Å². The molecule has 15 heavy (non-hydrogen) atoms. The van der Waals surface area contributed by atoms with Crippen molar-refractivity contribution in [1.29, 1.82) is 0 Å². The molecule has 1 heterocycles. The summed E-state index contributed by atoms with van der Waals surface area (Å²) in [5.41, 5.74) is 0. The number of hydrogen-bond acceptors (Lipinski definition) is 2. The van der Waals surface area contributed by atoms with E-state index in [1.807, 2.05) is 6.20 Å². The average molecular weight is 226 g/mol. The number of aryl methyl sites for hydroxylation is 1. The maximum Gasteiger partial charge on any atom is 0.166 e. The van der Waals surface area contributed by atoms with Gasteiger partial charge in [0, 0.05) is 31.9 Å². The molecule has 0 saturated heterocycles. The number of thiocarbonyl (C=S) groups is 1. The van der Waals surface area contributed by atoms with Crippen LogP contribution < -0.4 is 10.6 Å². The molecule has 0 atom stereocenters. The van der Waals surface area contributed by atoms with Gasteiger partial charge in [-0.1, -0.05) is 6.92 Å². The van der Waals surface area contributed by atoms with Crippen molar-refractivity contribution < 1.29 is 0 Å². The van der Waals surface area contributed by atoms with Gasteiger partial charge in [-0.3, -0.25) is 0 Å². The normalized spacial score (nSPS) is 9.93. The Morgan fingerprint density at radius 2 is 2.27 bits per heavy atom. The van der Waals surface area contributed by atoms with Gasteiger partial charge in [0.1, 0.15) is 5.82 Å². The molecule has 0 unspecified atom stereocenters. The van der Waals surface area contributed by atoms with Gasteiger partial charge in [0.15, 0.2) is 5.11 Å². The summed E-state index contributed by atoms with van der Waals surface area (Å²) in [6.07, 6.45) is 6.69.